The van der Waals surface area contributed by atoms with Crippen LogP contribution in [0.25, 0.3) is 0 Å². The van der Waals surface area contributed by atoms with Crippen molar-refractivity contribution >= 4 is 17.7 Å². The molecule has 0 spiro atoms. The van der Waals surface area contributed by atoms with Gasteiger partial charge in [-0.1, -0.05) is 0 Å². The summed E-state index contributed by atoms with van der Waals surface area (Å²) in [7, 11) is 0. The lowest BCUT2D eigenvalue weighted by Crippen LogP contribution is -2.49. The zero-order chi connectivity index (χ0) is 13.5. The van der Waals surface area contributed by atoms with Crippen molar-refractivity contribution in [1.82, 2.24) is 10.3 Å². The zero-order valence-electron chi connectivity index (χ0n) is 10.2. The van der Waals surface area contributed by atoms with Crippen LogP contribution in [0.3, 0.4) is 0 Å². The molecule has 7 heteroatoms. The summed E-state index contributed by atoms with van der Waals surface area (Å²) in [5.41, 5.74) is 1.87. The zero-order valence-corrected chi connectivity index (χ0v) is 10.2. The van der Waals surface area contributed by atoms with Gasteiger partial charge in [0.1, 0.15) is 6.04 Å². The molecule has 0 aromatic rings. The molecule has 1 unspecified atom stereocenters. The largest absolute Gasteiger partial charge is 0.381 e. The van der Waals surface area contributed by atoms with E-state index >= 15 is 0 Å². The summed E-state index contributed by atoms with van der Waals surface area (Å²) < 4.78 is 4.94. The summed E-state index contributed by atoms with van der Waals surface area (Å²) in [5.74, 6) is 3.29. The summed E-state index contributed by atoms with van der Waals surface area (Å²) in [5, 5.41) is 0. The van der Waals surface area contributed by atoms with Crippen molar-refractivity contribution in [2.45, 2.75) is 25.8 Å². The van der Waals surface area contributed by atoms with E-state index in [1.165, 1.54) is 19.8 Å². The smallest absolute Gasteiger partial charge is 0.256 e. The SMILES string of the molecule is C1CCOC1.CC(C(=O)NN)N1C(=O)C=CC1=O. The molecule has 0 aromatic heterocycles. The standard InChI is InChI=1S/C7H9N3O3.C4H8O/c1-4(7(13)9-8)10-5(11)2-3-6(10)12;1-2-4-5-3-1/h2-4H,8H2,1H3,(H,9,13);1-4H2. The van der Waals surface area contributed by atoms with E-state index in [0.29, 0.717) is 0 Å². The Balaban J connectivity index is 0.000000269. The van der Waals surface area contributed by atoms with Gasteiger partial charge in [-0.15, -0.1) is 0 Å². The van der Waals surface area contributed by atoms with Crippen LogP contribution in [0.2, 0.25) is 0 Å². The van der Waals surface area contributed by atoms with Gasteiger partial charge in [0.25, 0.3) is 17.7 Å². The fourth-order valence-corrected chi connectivity index (χ4v) is 1.54. The molecular weight excluding hydrogens is 238 g/mol. The maximum absolute atomic E-state index is 11.0. The molecule has 7 nitrogen and oxygen atoms in total. The van der Waals surface area contributed by atoms with Crippen LogP contribution < -0.4 is 11.3 Å². The number of hydrogen-bond acceptors (Lipinski definition) is 5. The number of imide groups is 1. The maximum Gasteiger partial charge on any atom is 0.256 e. The van der Waals surface area contributed by atoms with Crippen LogP contribution in [-0.2, 0) is 19.1 Å². The van der Waals surface area contributed by atoms with Gasteiger partial charge in [-0.25, -0.2) is 5.84 Å². The van der Waals surface area contributed by atoms with Gasteiger partial charge in [0.2, 0.25) is 0 Å². The Morgan fingerprint density at radius 1 is 1.33 bits per heavy atom. The number of amides is 3. The monoisotopic (exact) mass is 255 g/mol. The number of nitrogens with zero attached hydrogens (tertiary/aromatic N) is 1. The number of rotatable bonds is 2. The number of ether oxygens (including phenoxy) is 1. The van der Waals surface area contributed by atoms with Crippen LogP contribution in [-0.4, -0.2) is 41.9 Å². The Bertz CT molecular complexity index is 338. The number of nitrogens with one attached hydrogen (secondary N) is 1. The molecule has 2 rings (SSSR count). The highest BCUT2D eigenvalue weighted by atomic mass is 16.5. The van der Waals surface area contributed by atoms with E-state index in [-0.39, 0.29) is 0 Å². The maximum atomic E-state index is 11.0. The van der Waals surface area contributed by atoms with Crippen molar-refractivity contribution in [1.29, 1.82) is 0 Å². The Labute approximate surface area is 105 Å². The lowest BCUT2D eigenvalue weighted by Gasteiger charge is -2.20. The van der Waals surface area contributed by atoms with Gasteiger partial charge >= 0.3 is 0 Å². The van der Waals surface area contributed by atoms with Crippen LogP contribution in [0.15, 0.2) is 12.2 Å². The van der Waals surface area contributed by atoms with E-state index < -0.39 is 23.8 Å². The van der Waals surface area contributed by atoms with E-state index in [9.17, 15) is 14.4 Å². The Morgan fingerprint density at radius 2 is 1.83 bits per heavy atom. The number of hydrogen-bond donors (Lipinski definition) is 2. The first-order valence-electron chi connectivity index (χ1n) is 5.71. The van der Waals surface area contributed by atoms with Crippen molar-refractivity contribution in [3.63, 3.8) is 0 Å². The molecule has 3 N–H and O–H groups in total. The Kier molecular flexibility index (Phi) is 5.47. The summed E-state index contributed by atoms with van der Waals surface area (Å²) in [6, 6.07) is -0.875. The fourth-order valence-electron chi connectivity index (χ4n) is 1.54. The molecule has 0 aliphatic carbocycles. The first-order valence-corrected chi connectivity index (χ1v) is 5.71. The number of carbonyl (C=O) groups excluding carboxylic acids is 3. The second-order valence-corrected chi connectivity index (χ2v) is 3.88. The molecule has 0 aromatic carbocycles. The summed E-state index contributed by atoms with van der Waals surface area (Å²) in [6.07, 6.45) is 4.78. The van der Waals surface area contributed by atoms with Crippen LogP contribution in [0, 0.1) is 0 Å². The molecule has 100 valence electrons. The molecule has 0 radical (unpaired) electrons. The molecule has 2 heterocycles. The predicted molar refractivity (Wildman–Crippen MR) is 62.8 cm³/mol. The minimum absolute atomic E-state index is 0.499. The highest BCUT2D eigenvalue weighted by molar-refractivity contribution is 6.14. The van der Waals surface area contributed by atoms with Gasteiger partial charge in [-0.3, -0.25) is 24.7 Å². The van der Waals surface area contributed by atoms with Gasteiger partial charge in [0.05, 0.1) is 0 Å². The number of carbonyl (C=O) groups is 3. The minimum Gasteiger partial charge on any atom is -0.381 e. The first kappa shape index (κ1) is 14.3. The summed E-state index contributed by atoms with van der Waals surface area (Å²) >= 11 is 0. The third-order valence-electron chi connectivity index (χ3n) is 2.58. The first-order chi connectivity index (χ1) is 8.57. The lowest BCUT2D eigenvalue weighted by atomic mass is 10.3. The van der Waals surface area contributed by atoms with Crippen molar-refractivity contribution in [3.05, 3.63) is 12.2 Å². The molecule has 18 heavy (non-hydrogen) atoms. The molecule has 2 aliphatic rings. The molecule has 1 fully saturated rings. The van der Waals surface area contributed by atoms with Gasteiger partial charge in [-0.2, -0.15) is 0 Å². The van der Waals surface area contributed by atoms with Gasteiger partial charge in [-0.05, 0) is 19.8 Å². The van der Waals surface area contributed by atoms with Crippen molar-refractivity contribution < 1.29 is 19.1 Å². The third-order valence-corrected chi connectivity index (χ3v) is 2.58. The average Bonchev–Trinajstić information content (AvgIpc) is 3.02. The molecule has 2 aliphatic heterocycles. The van der Waals surface area contributed by atoms with Gasteiger partial charge in [0, 0.05) is 25.4 Å². The molecule has 0 saturated carbocycles. The highest BCUT2D eigenvalue weighted by Crippen LogP contribution is 2.08. The molecule has 0 bridgehead atoms. The Hall–Kier alpha value is -1.73. The van der Waals surface area contributed by atoms with Crippen LogP contribution in [0.5, 0.6) is 0 Å². The second kappa shape index (κ2) is 6.87. The van der Waals surface area contributed by atoms with E-state index in [2.05, 4.69) is 0 Å². The highest BCUT2D eigenvalue weighted by Gasteiger charge is 2.32. The van der Waals surface area contributed by atoms with E-state index in [0.717, 1.165) is 30.3 Å². The minimum atomic E-state index is -0.875. The van der Waals surface area contributed by atoms with E-state index in [1.54, 1.807) is 0 Å². The molecule has 1 saturated heterocycles. The van der Waals surface area contributed by atoms with E-state index in [1.807, 2.05) is 5.43 Å². The van der Waals surface area contributed by atoms with Crippen molar-refractivity contribution in [2.24, 2.45) is 5.84 Å². The van der Waals surface area contributed by atoms with Crippen LogP contribution in [0.1, 0.15) is 19.8 Å². The number of hydrazine groups is 1. The topological polar surface area (TPSA) is 102 Å². The third kappa shape index (κ3) is 3.64. The number of nitrogens with two attached hydrogens (primary N) is 1. The predicted octanol–water partition coefficient (Wildman–Crippen LogP) is -0.913. The quantitative estimate of drug-likeness (QED) is 0.288. The van der Waals surface area contributed by atoms with Gasteiger partial charge in [0.15, 0.2) is 0 Å². The van der Waals surface area contributed by atoms with E-state index in [4.69, 9.17) is 10.6 Å². The Morgan fingerprint density at radius 3 is 2.17 bits per heavy atom. The van der Waals surface area contributed by atoms with Crippen molar-refractivity contribution in [2.75, 3.05) is 13.2 Å². The average molecular weight is 255 g/mol. The fraction of sp³-hybridized carbons (Fsp3) is 0.545. The van der Waals surface area contributed by atoms with Crippen LogP contribution >= 0.6 is 0 Å². The van der Waals surface area contributed by atoms with Gasteiger partial charge < -0.3 is 4.74 Å². The summed E-state index contributed by atoms with van der Waals surface area (Å²) in [4.78, 5) is 33.9. The van der Waals surface area contributed by atoms with Crippen LogP contribution in [0.4, 0.5) is 0 Å². The second-order valence-electron chi connectivity index (χ2n) is 3.88. The molecule has 3 amide bonds. The lowest BCUT2D eigenvalue weighted by molar-refractivity contribution is -0.144. The normalized spacial score (nSPS) is 19.6. The molecule has 1 atom stereocenters. The summed E-state index contributed by atoms with van der Waals surface area (Å²) in [6.45, 7) is 3.42. The molecular formula is C11H17N3O4. The van der Waals surface area contributed by atoms with Crippen molar-refractivity contribution in [3.8, 4) is 0 Å².